The van der Waals surface area contributed by atoms with Gasteiger partial charge in [-0.05, 0) is 30.3 Å². The van der Waals surface area contributed by atoms with Crippen LogP contribution in [0, 0.1) is 17.5 Å². The molecule has 10 heteroatoms. The molecule has 0 saturated carbocycles. The average molecular weight is 407 g/mol. The Bertz CT molecular complexity index is 918. The highest BCUT2D eigenvalue weighted by Gasteiger charge is 2.28. The number of para-hydroxylation sites is 1. The molecule has 0 aliphatic rings. The predicted molar refractivity (Wildman–Crippen MR) is 90.8 cm³/mol. The Labute approximate surface area is 153 Å². The third-order valence-electron chi connectivity index (χ3n) is 3.41. The van der Waals surface area contributed by atoms with Gasteiger partial charge in [-0.25, -0.2) is 21.6 Å². The molecule has 26 heavy (non-hydrogen) atoms. The molecular formula is C16H14ClF3N2O3S. The first-order valence-corrected chi connectivity index (χ1v) is 9.17. The summed E-state index contributed by atoms with van der Waals surface area (Å²) < 4.78 is 66.2. The molecule has 0 aliphatic heterocycles. The van der Waals surface area contributed by atoms with Gasteiger partial charge in [0.2, 0.25) is 15.9 Å². The van der Waals surface area contributed by atoms with Crippen LogP contribution in [0.2, 0.25) is 5.02 Å². The van der Waals surface area contributed by atoms with E-state index in [0.717, 1.165) is 40.7 Å². The van der Waals surface area contributed by atoms with Crippen molar-refractivity contribution in [3.8, 4) is 0 Å². The Balaban J connectivity index is 2.24. The molecule has 2 aromatic rings. The number of carbonyl (C=O) groups is 1. The Morgan fingerprint density at radius 3 is 2.31 bits per heavy atom. The van der Waals surface area contributed by atoms with Crippen molar-refractivity contribution in [3.05, 3.63) is 58.9 Å². The topological polar surface area (TPSA) is 66.5 Å². The minimum atomic E-state index is -4.22. The van der Waals surface area contributed by atoms with E-state index in [4.69, 9.17) is 11.6 Å². The highest BCUT2D eigenvalue weighted by molar-refractivity contribution is 7.89. The molecule has 0 radical (unpaired) electrons. The Morgan fingerprint density at radius 2 is 1.77 bits per heavy atom. The minimum absolute atomic E-state index is 0.122. The van der Waals surface area contributed by atoms with Crippen molar-refractivity contribution >= 4 is 33.2 Å². The summed E-state index contributed by atoms with van der Waals surface area (Å²) in [5.41, 5.74) is -0.675. The third kappa shape index (κ3) is 4.35. The SMILES string of the molecule is CCN(CC(=O)Nc1c(F)cccc1F)S(=O)(=O)c1ccc(F)cc1Cl. The summed E-state index contributed by atoms with van der Waals surface area (Å²) in [4.78, 5) is 11.7. The zero-order valence-electron chi connectivity index (χ0n) is 13.5. The molecule has 2 rings (SSSR count). The number of halogens is 4. The lowest BCUT2D eigenvalue weighted by molar-refractivity contribution is -0.116. The first-order valence-electron chi connectivity index (χ1n) is 7.36. The van der Waals surface area contributed by atoms with E-state index in [1.807, 2.05) is 5.32 Å². The second kappa shape index (κ2) is 8.07. The van der Waals surface area contributed by atoms with Gasteiger partial charge in [-0.1, -0.05) is 24.6 Å². The molecule has 0 aliphatic carbocycles. The minimum Gasteiger partial charge on any atom is -0.320 e. The Kier molecular flexibility index (Phi) is 6.27. The number of nitrogens with zero attached hydrogens (tertiary/aromatic N) is 1. The van der Waals surface area contributed by atoms with Crippen molar-refractivity contribution < 1.29 is 26.4 Å². The van der Waals surface area contributed by atoms with Gasteiger partial charge in [-0.15, -0.1) is 0 Å². The van der Waals surface area contributed by atoms with Crippen LogP contribution in [0.25, 0.3) is 0 Å². The molecule has 0 spiro atoms. The van der Waals surface area contributed by atoms with Crippen molar-refractivity contribution in [3.63, 3.8) is 0 Å². The average Bonchev–Trinajstić information content (AvgIpc) is 2.55. The molecule has 0 atom stereocenters. The van der Waals surface area contributed by atoms with Gasteiger partial charge in [0.1, 0.15) is 28.0 Å². The van der Waals surface area contributed by atoms with Crippen LogP contribution in [0.4, 0.5) is 18.9 Å². The van der Waals surface area contributed by atoms with Gasteiger partial charge in [0, 0.05) is 6.54 Å². The van der Waals surface area contributed by atoms with Crippen LogP contribution in [-0.4, -0.2) is 31.7 Å². The van der Waals surface area contributed by atoms with E-state index >= 15 is 0 Å². The summed E-state index contributed by atoms with van der Waals surface area (Å²) in [7, 11) is -4.22. The van der Waals surface area contributed by atoms with Crippen LogP contribution in [-0.2, 0) is 14.8 Å². The van der Waals surface area contributed by atoms with E-state index in [2.05, 4.69) is 0 Å². The number of carbonyl (C=O) groups excluding carboxylic acids is 1. The number of anilines is 1. The maximum absolute atomic E-state index is 13.6. The number of amides is 1. The molecule has 0 unspecified atom stereocenters. The van der Waals surface area contributed by atoms with Gasteiger partial charge >= 0.3 is 0 Å². The van der Waals surface area contributed by atoms with Crippen LogP contribution in [0.1, 0.15) is 6.92 Å². The van der Waals surface area contributed by atoms with Crippen LogP contribution in [0.3, 0.4) is 0 Å². The second-order valence-corrected chi connectivity index (χ2v) is 7.46. The normalized spacial score (nSPS) is 11.6. The lowest BCUT2D eigenvalue weighted by atomic mass is 10.3. The maximum atomic E-state index is 13.6. The molecule has 0 bridgehead atoms. The van der Waals surface area contributed by atoms with Gasteiger partial charge in [0.05, 0.1) is 11.6 Å². The number of hydrogen-bond acceptors (Lipinski definition) is 3. The van der Waals surface area contributed by atoms with E-state index in [1.54, 1.807) is 0 Å². The summed E-state index contributed by atoms with van der Waals surface area (Å²) in [6.45, 7) is 0.634. The maximum Gasteiger partial charge on any atom is 0.245 e. The Hall–Kier alpha value is -2.10. The fourth-order valence-electron chi connectivity index (χ4n) is 2.15. The fraction of sp³-hybridized carbons (Fsp3) is 0.188. The van der Waals surface area contributed by atoms with Gasteiger partial charge in [-0.2, -0.15) is 4.31 Å². The van der Waals surface area contributed by atoms with Gasteiger partial charge < -0.3 is 5.32 Å². The molecule has 0 saturated heterocycles. The van der Waals surface area contributed by atoms with Crippen molar-refractivity contribution in [2.45, 2.75) is 11.8 Å². The molecule has 1 N–H and O–H groups in total. The number of benzene rings is 2. The van der Waals surface area contributed by atoms with Gasteiger partial charge in [-0.3, -0.25) is 4.79 Å². The van der Waals surface area contributed by atoms with Crippen LogP contribution >= 0.6 is 11.6 Å². The zero-order valence-corrected chi connectivity index (χ0v) is 15.0. The molecule has 1 amide bonds. The summed E-state index contributed by atoms with van der Waals surface area (Å²) >= 11 is 5.78. The number of likely N-dealkylation sites (N-methyl/N-ethyl adjacent to an activating group) is 1. The van der Waals surface area contributed by atoms with Crippen molar-refractivity contribution in [2.24, 2.45) is 0 Å². The largest absolute Gasteiger partial charge is 0.320 e. The quantitative estimate of drug-likeness (QED) is 0.799. The third-order valence-corrected chi connectivity index (χ3v) is 5.82. The summed E-state index contributed by atoms with van der Waals surface area (Å²) in [6, 6.07) is 5.75. The summed E-state index contributed by atoms with van der Waals surface area (Å²) in [5.74, 6) is -3.65. The van der Waals surface area contributed by atoms with Crippen molar-refractivity contribution in [2.75, 3.05) is 18.4 Å². The summed E-state index contributed by atoms with van der Waals surface area (Å²) in [6.07, 6.45) is 0. The first-order chi connectivity index (χ1) is 12.2. The zero-order chi connectivity index (χ0) is 19.5. The second-order valence-electron chi connectivity index (χ2n) is 5.15. The van der Waals surface area contributed by atoms with Crippen LogP contribution < -0.4 is 5.32 Å². The fourth-order valence-corrected chi connectivity index (χ4v) is 4.06. The smallest absolute Gasteiger partial charge is 0.245 e. The number of sulfonamides is 1. The van der Waals surface area contributed by atoms with Gasteiger partial charge in [0.15, 0.2) is 0 Å². The highest BCUT2D eigenvalue weighted by Crippen LogP contribution is 2.25. The lowest BCUT2D eigenvalue weighted by Crippen LogP contribution is -2.38. The lowest BCUT2D eigenvalue weighted by Gasteiger charge is -2.20. The summed E-state index contributed by atoms with van der Waals surface area (Å²) in [5, 5.41) is 1.66. The molecule has 5 nitrogen and oxygen atoms in total. The highest BCUT2D eigenvalue weighted by atomic mass is 35.5. The number of nitrogens with one attached hydrogen (secondary N) is 1. The van der Waals surface area contributed by atoms with Gasteiger partial charge in [0.25, 0.3) is 0 Å². The first kappa shape index (κ1) is 20.2. The van der Waals surface area contributed by atoms with E-state index in [1.165, 1.54) is 6.92 Å². The molecule has 140 valence electrons. The monoisotopic (exact) mass is 406 g/mol. The van der Waals surface area contributed by atoms with Crippen LogP contribution in [0.15, 0.2) is 41.3 Å². The molecule has 0 fully saturated rings. The van der Waals surface area contributed by atoms with E-state index in [0.29, 0.717) is 0 Å². The number of rotatable bonds is 6. The number of hydrogen-bond donors (Lipinski definition) is 1. The molecule has 0 heterocycles. The molecular weight excluding hydrogens is 393 g/mol. The van der Waals surface area contributed by atoms with Crippen LogP contribution in [0.5, 0.6) is 0 Å². The van der Waals surface area contributed by atoms with E-state index in [-0.39, 0.29) is 16.5 Å². The van der Waals surface area contributed by atoms with E-state index in [9.17, 15) is 26.4 Å². The van der Waals surface area contributed by atoms with E-state index < -0.39 is 45.6 Å². The predicted octanol–water partition coefficient (Wildman–Crippen LogP) is 3.41. The van der Waals surface area contributed by atoms with Crippen molar-refractivity contribution in [1.82, 2.24) is 4.31 Å². The van der Waals surface area contributed by atoms with Crippen molar-refractivity contribution in [1.29, 1.82) is 0 Å². The molecule has 0 aromatic heterocycles. The Morgan fingerprint density at radius 1 is 1.15 bits per heavy atom. The molecule has 2 aromatic carbocycles. The standard InChI is InChI=1S/C16H14ClF3N2O3S/c1-2-22(26(24,25)14-7-6-10(18)8-11(14)17)9-15(23)21-16-12(19)4-3-5-13(16)20/h3-8H,2,9H2,1H3,(H,21,23).